The molecule has 0 fully saturated rings. The van der Waals surface area contributed by atoms with Gasteiger partial charge in [-0.15, -0.1) is 6.42 Å². The van der Waals surface area contributed by atoms with E-state index in [1.54, 1.807) is 18.2 Å². The van der Waals surface area contributed by atoms with E-state index >= 15 is 0 Å². The van der Waals surface area contributed by atoms with Crippen molar-refractivity contribution in [3.8, 4) is 12.3 Å². The zero-order valence-corrected chi connectivity index (χ0v) is 9.36. The molecule has 0 aliphatic heterocycles. The Morgan fingerprint density at radius 2 is 1.93 bits per heavy atom. The average molecular weight is 228 g/mol. The Bertz CT molecular complexity index is 335. The van der Waals surface area contributed by atoms with Gasteiger partial charge in [-0.1, -0.05) is 36.0 Å². The summed E-state index contributed by atoms with van der Waals surface area (Å²) in [5, 5.41) is 4.36. The van der Waals surface area contributed by atoms with Crippen LogP contribution in [0.5, 0.6) is 0 Å². The maximum atomic E-state index is 5.84. The molecule has 1 atom stereocenters. The van der Waals surface area contributed by atoms with E-state index < -0.39 is 0 Å². The van der Waals surface area contributed by atoms with Crippen LogP contribution in [0.3, 0.4) is 0 Å². The summed E-state index contributed by atoms with van der Waals surface area (Å²) in [6, 6.07) is 5.30. The fraction of sp³-hybridized carbons (Fsp3) is 0.273. The van der Waals surface area contributed by atoms with Crippen LogP contribution in [0.4, 0.5) is 5.69 Å². The van der Waals surface area contributed by atoms with Gasteiger partial charge in [-0.25, -0.2) is 0 Å². The van der Waals surface area contributed by atoms with Crippen molar-refractivity contribution in [2.45, 2.75) is 19.4 Å². The standard InChI is InChI=1S/C11H11Cl2N/c1-3-10(4-2)14-11-6-8(12)5-9(13)7-11/h1,5-7,10,14H,4H2,2H3. The molecule has 0 aliphatic rings. The van der Waals surface area contributed by atoms with Crippen molar-refractivity contribution in [1.29, 1.82) is 0 Å². The topological polar surface area (TPSA) is 12.0 Å². The first-order valence-electron chi connectivity index (χ1n) is 4.34. The van der Waals surface area contributed by atoms with Crippen LogP contribution in [-0.2, 0) is 0 Å². The van der Waals surface area contributed by atoms with Gasteiger partial charge in [0.15, 0.2) is 0 Å². The SMILES string of the molecule is C#CC(CC)Nc1cc(Cl)cc(Cl)c1. The molecule has 1 aromatic rings. The third kappa shape index (κ3) is 3.14. The monoisotopic (exact) mass is 227 g/mol. The van der Waals surface area contributed by atoms with Crippen LogP contribution in [0.15, 0.2) is 18.2 Å². The summed E-state index contributed by atoms with van der Waals surface area (Å²) in [5.41, 5.74) is 0.854. The van der Waals surface area contributed by atoms with Crippen molar-refractivity contribution >= 4 is 28.9 Å². The second-order valence-corrected chi connectivity index (χ2v) is 3.80. The molecule has 0 heterocycles. The van der Waals surface area contributed by atoms with Gasteiger partial charge in [-0.2, -0.15) is 0 Å². The molecule has 0 aliphatic carbocycles. The molecule has 0 aromatic heterocycles. The summed E-state index contributed by atoms with van der Waals surface area (Å²) >= 11 is 11.7. The van der Waals surface area contributed by atoms with Crippen molar-refractivity contribution in [3.63, 3.8) is 0 Å². The minimum Gasteiger partial charge on any atom is -0.371 e. The molecular weight excluding hydrogens is 217 g/mol. The summed E-state index contributed by atoms with van der Waals surface area (Å²) in [6.07, 6.45) is 6.19. The Morgan fingerprint density at radius 3 is 2.36 bits per heavy atom. The van der Waals surface area contributed by atoms with E-state index in [1.165, 1.54) is 0 Å². The van der Waals surface area contributed by atoms with Crippen molar-refractivity contribution in [3.05, 3.63) is 28.2 Å². The normalized spacial score (nSPS) is 11.9. The van der Waals surface area contributed by atoms with E-state index in [0.717, 1.165) is 12.1 Å². The van der Waals surface area contributed by atoms with Crippen molar-refractivity contribution in [1.82, 2.24) is 0 Å². The highest BCUT2D eigenvalue weighted by Crippen LogP contribution is 2.23. The first-order valence-corrected chi connectivity index (χ1v) is 5.10. The molecule has 74 valence electrons. The first kappa shape index (κ1) is 11.2. The third-order valence-corrected chi connectivity index (χ3v) is 2.25. The third-order valence-electron chi connectivity index (χ3n) is 1.81. The van der Waals surface area contributed by atoms with Gasteiger partial charge in [0.05, 0.1) is 6.04 Å². The number of terminal acetylenes is 1. The zero-order valence-electron chi connectivity index (χ0n) is 7.85. The number of hydrogen-bond acceptors (Lipinski definition) is 1. The van der Waals surface area contributed by atoms with Gasteiger partial charge in [-0.3, -0.25) is 0 Å². The molecule has 1 N–H and O–H groups in total. The van der Waals surface area contributed by atoms with E-state index in [4.69, 9.17) is 29.6 Å². The van der Waals surface area contributed by atoms with E-state index in [2.05, 4.69) is 11.2 Å². The number of halogens is 2. The minimum atomic E-state index is 0.0181. The second-order valence-electron chi connectivity index (χ2n) is 2.93. The lowest BCUT2D eigenvalue weighted by Crippen LogP contribution is -2.15. The Labute approximate surface area is 94.4 Å². The maximum Gasteiger partial charge on any atom is 0.0871 e. The van der Waals surface area contributed by atoms with E-state index in [-0.39, 0.29) is 6.04 Å². The van der Waals surface area contributed by atoms with E-state index in [0.29, 0.717) is 10.0 Å². The summed E-state index contributed by atoms with van der Waals surface area (Å²) in [4.78, 5) is 0. The molecule has 0 amide bonds. The van der Waals surface area contributed by atoms with Gasteiger partial charge in [0.25, 0.3) is 0 Å². The van der Waals surface area contributed by atoms with Gasteiger partial charge < -0.3 is 5.32 Å². The molecule has 0 radical (unpaired) electrons. The van der Waals surface area contributed by atoms with Crippen LogP contribution in [0.25, 0.3) is 0 Å². The van der Waals surface area contributed by atoms with Gasteiger partial charge in [0.1, 0.15) is 0 Å². The van der Waals surface area contributed by atoms with Crippen LogP contribution in [0.1, 0.15) is 13.3 Å². The predicted octanol–water partition coefficient (Wildman–Crippen LogP) is 3.82. The number of nitrogens with one attached hydrogen (secondary N) is 1. The van der Waals surface area contributed by atoms with Crippen molar-refractivity contribution < 1.29 is 0 Å². The summed E-state index contributed by atoms with van der Waals surface area (Å²) in [5.74, 6) is 2.64. The van der Waals surface area contributed by atoms with E-state index in [9.17, 15) is 0 Å². The molecule has 1 aromatic carbocycles. The fourth-order valence-corrected chi connectivity index (χ4v) is 1.63. The first-order chi connectivity index (χ1) is 6.65. The molecular formula is C11H11Cl2N. The highest BCUT2D eigenvalue weighted by Gasteiger charge is 2.03. The Morgan fingerprint density at radius 1 is 1.36 bits per heavy atom. The molecule has 14 heavy (non-hydrogen) atoms. The number of benzene rings is 1. The number of rotatable bonds is 3. The Kier molecular flexibility index (Phi) is 4.13. The highest BCUT2D eigenvalue weighted by atomic mass is 35.5. The highest BCUT2D eigenvalue weighted by molar-refractivity contribution is 6.35. The van der Waals surface area contributed by atoms with Crippen LogP contribution in [0, 0.1) is 12.3 Å². The molecule has 0 spiro atoms. The zero-order chi connectivity index (χ0) is 10.6. The molecule has 0 saturated heterocycles. The summed E-state index contributed by atoms with van der Waals surface area (Å²) in [7, 11) is 0. The number of hydrogen-bond donors (Lipinski definition) is 1. The van der Waals surface area contributed by atoms with Crippen molar-refractivity contribution in [2.24, 2.45) is 0 Å². The smallest absolute Gasteiger partial charge is 0.0871 e. The maximum absolute atomic E-state index is 5.84. The molecule has 0 saturated carbocycles. The average Bonchev–Trinajstić information content (AvgIpc) is 2.12. The largest absolute Gasteiger partial charge is 0.371 e. The molecule has 1 unspecified atom stereocenters. The quantitative estimate of drug-likeness (QED) is 0.775. The molecule has 3 heteroatoms. The summed E-state index contributed by atoms with van der Waals surface area (Å²) in [6.45, 7) is 2.02. The van der Waals surface area contributed by atoms with Gasteiger partial charge in [0, 0.05) is 15.7 Å². The molecule has 0 bridgehead atoms. The summed E-state index contributed by atoms with van der Waals surface area (Å²) < 4.78 is 0. The van der Waals surface area contributed by atoms with Crippen LogP contribution in [-0.4, -0.2) is 6.04 Å². The number of anilines is 1. The van der Waals surface area contributed by atoms with Gasteiger partial charge in [0.2, 0.25) is 0 Å². The molecule has 1 rings (SSSR count). The lowest BCUT2D eigenvalue weighted by Gasteiger charge is -2.12. The van der Waals surface area contributed by atoms with Crippen LogP contribution >= 0.6 is 23.2 Å². The van der Waals surface area contributed by atoms with Gasteiger partial charge >= 0.3 is 0 Å². The second kappa shape index (κ2) is 5.14. The van der Waals surface area contributed by atoms with E-state index in [1.807, 2.05) is 6.92 Å². The predicted molar refractivity (Wildman–Crippen MR) is 63.0 cm³/mol. The van der Waals surface area contributed by atoms with Crippen molar-refractivity contribution in [2.75, 3.05) is 5.32 Å². The lowest BCUT2D eigenvalue weighted by atomic mass is 10.2. The van der Waals surface area contributed by atoms with Crippen LogP contribution < -0.4 is 5.32 Å². The Balaban J connectivity index is 2.82. The minimum absolute atomic E-state index is 0.0181. The van der Waals surface area contributed by atoms with Gasteiger partial charge in [-0.05, 0) is 24.6 Å². The lowest BCUT2D eigenvalue weighted by molar-refractivity contribution is 0.858. The Hall–Kier alpha value is -0.840. The van der Waals surface area contributed by atoms with Crippen LogP contribution in [0.2, 0.25) is 10.0 Å². The fourth-order valence-electron chi connectivity index (χ4n) is 1.10. The molecule has 1 nitrogen and oxygen atoms in total.